The second-order valence-electron chi connectivity index (χ2n) is 8.42. The molecule has 35 heavy (non-hydrogen) atoms. The molecule has 3 aromatic rings. The normalized spacial score (nSPS) is 13.7. The largest absolute Gasteiger partial charge is 0.493 e. The molecule has 0 unspecified atom stereocenters. The van der Waals surface area contributed by atoms with Gasteiger partial charge in [-0.05, 0) is 30.2 Å². The number of methoxy groups -OCH3 is 2. The molecule has 1 aliphatic rings. The number of ether oxygens (including phenoxy) is 4. The predicted molar refractivity (Wildman–Crippen MR) is 138 cm³/mol. The Hall–Kier alpha value is -3.58. The first-order valence-corrected chi connectivity index (χ1v) is 11.9. The van der Waals surface area contributed by atoms with E-state index in [2.05, 4.69) is 35.0 Å². The molecule has 2 aromatic carbocycles. The Balaban J connectivity index is 1.46. The fourth-order valence-electron chi connectivity index (χ4n) is 3.98. The van der Waals surface area contributed by atoms with E-state index in [1.165, 1.54) is 5.56 Å². The molecule has 7 nitrogen and oxygen atoms in total. The maximum absolute atomic E-state index is 6.17. The van der Waals surface area contributed by atoms with E-state index in [0.717, 1.165) is 59.4 Å². The van der Waals surface area contributed by atoms with Gasteiger partial charge in [0.2, 0.25) is 0 Å². The van der Waals surface area contributed by atoms with E-state index in [4.69, 9.17) is 23.9 Å². The van der Waals surface area contributed by atoms with Crippen LogP contribution in [-0.4, -0.2) is 58.3 Å². The second-order valence-corrected chi connectivity index (χ2v) is 8.42. The lowest BCUT2D eigenvalue weighted by molar-refractivity contribution is 0.122. The highest BCUT2D eigenvalue weighted by Crippen LogP contribution is 2.28. The highest BCUT2D eigenvalue weighted by atomic mass is 16.5. The summed E-state index contributed by atoms with van der Waals surface area (Å²) >= 11 is 0. The number of rotatable bonds is 10. The third-order valence-corrected chi connectivity index (χ3v) is 5.82. The van der Waals surface area contributed by atoms with Gasteiger partial charge in [-0.3, -0.25) is 4.99 Å². The van der Waals surface area contributed by atoms with Crippen LogP contribution < -0.4 is 19.1 Å². The van der Waals surface area contributed by atoms with Gasteiger partial charge in [0.25, 0.3) is 0 Å². The number of anilines is 1. The van der Waals surface area contributed by atoms with E-state index < -0.39 is 0 Å². The Morgan fingerprint density at radius 2 is 1.83 bits per heavy atom. The first kappa shape index (κ1) is 24.5. The van der Waals surface area contributed by atoms with Crippen LogP contribution in [0.15, 0.2) is 59.6 Å². The molecule has 1 fully saturated rings. The van der Waals surface area contributed by atoms with Crippen LogP contribution in [0.1, 0.15) is 22.4 Å². The van der Waals surface area contributed by atoms with Gasteiger partial charge < -0.3 is 23.8 Å². The van der Waals surface area contributed by atoms with E-state index in [9.17, 15) is 0 Å². The monoisotopic (exact) mass is 475 g/mol. The van der Waals surface area contributed by atoms with Gasteiger partial charge in [-0.15, -0.1) is 0 Å². The molecule has 1 aliphatic heterocycles. The van der Waals surface area contributed by atoms with Crippen molar-refractivity contribution >= 4 is 12.0 Å². The summed E-state index contributed by atoms with van der Waals surface area (Å²) in [6.07, 6.45) is 2.64. The fourth-order valence-corrected chi connectivity index (χ4v) is 3.98. The first-order chi connectivity index (χ1) is 17.1. The molecule has 0 atom stereocenters. The summed E-state index contributed by atoms with van der Waals surface area (Å²) in [4.78, 5) is 11.7. The quantitative estimate of drug-likeness (QED) is 0.403. The third kappa shape index (κ3) is 6.96. The Morgan fingerprint density at radius 3 is 2.60 bits per heavy atom. The summed E-state index contributed by atoms with van der Waals surface area (Å²) in [5, 5.41) is 0. The Kier molecular flexibility index (Phi) is 8.57. The maximum Gasteiger partial charge on any atom is 0.160 e. The summed E-state index contributed by atoms with van der Waals surface area (Å²) in [6.45, 7) is 6.13. The SMILES string of the molecule is COc1ccc(CCOc2cc(CN=Cc3cccc(C)c3)nc(N3CCOCC3)c2)cc1OC. The topological polar surface area (TPSA) is 65.4 Å². The first-order valence-electron chi connectivity index (χ1n) is 11.9. The van der Waals surface area contributed by atoms with Crippen molar-refractivity contribution in [1.82, 2.24) is 4.98 Å². The average Bonchev–Trinajstić information content (AvgIpc) is 2.89. The van der Waals surface area contributed by atoms with Gasteiger partial charge >= 0.3 is 0 Å². The fraction of sp³-hybridized carbons (Fsp3) is 0.357. The molecule has 2 heterocycles. The minimum atomic E-state index is 0.484. The molecule has 7 heteroatoms. The molecule has 184 valence electrons. The van der Waals surface area contributed by atoms with Crippen LogP contribution in [0.4, 0.5) is 5.82 Å². The van der Waals surface area contributed by atoms with Gasteiger partial charge in [-0.25, -0.2) is 4.98 Å². The predicted octanol–water partition coefficient (Wildman–Crippen LogP) is 4.48. The summed E-state index contributed by atoms with van der Waals surface area (Å²) < 4.78 is 22.4. The van der Waals surface area contributed by atoms with E-state index in [0.29, 0.717) is 26.4 Å². The van der Waals surface area contributed by atoms with E-state index in [-0.39, 0.29) is 0 Å². The van der Waals surface area contributed by atoms with Crippen LogP contribution in [-0.2, 0) is 17.7 Å². The molecule has 1 aromatic heterocycles. The van der Waals surface area contributed by atoms with Crippen molar-refractivity contribution in [2.45, 2.75) is 19.9 Å². The number of pyridine rings is 1. The number of benzene rings is 2. The molecule has 0 aliphatic carbocycles. The van der Waals surface area contributed by atoms with Gasteiger partial charge in [0.15, 0.2) is 11.5 Å². The zero-order valence-corrected chi connectivity index (χ0v) is 20.7. The Morgan fingerprint density at radius 1 is 1.00 bits per heavy atom. The summed E-state index contributed by atoms with van der Waals surface area (Å²) in [5.41, 5.74) is 4.29. The van der Waals surface area contributed by atoms with Crippen molar-refractivity contribution in [3.05, 3.63) is 77.0 Å². The smallest absolute Gasteiger partial charge is 0.160 e. The number of nitrogens with zero attached hydrogens (tertiary/aromatic N) is 3. The summed E-state index contributed by atoms with van der Waals surface area (Å²) in [7, 11) is 3.28. The second kappa shape index (κ2) is 12.2. The highest BCUT2D eigenvalue weighted by Gasteiger charge is 2.15. The Bertz CT molecular complexity index is 1140. The van der Waals surface area contributed by atoms with Crippen molar-refractivity contribution < 1.29 is 18.9 Å². The van der Waals surface area contributed by atoms with Crippen molar-refractivity contribution in [1.29, 1.82) is 0 Å². The zero-order chi connectivity index (χ0) is 24.5. The number of hydrogen-bond acceptors (Lipinski definition) is 7. The van der Waals surface area contributed by atoms with Crippen LogP contribution in [0.3, 0.4) is 0 Å². The van der Waals surface area contributed by atoms with Crippen LogP contribution in [0.5, 0.6) is 17.2 Å². The van der Waals surface area contributed by atoms with Crippen LogP contribution >= 0.6 is 0 Å². The zero-order valence-electron chi connectivity index (χ0n) is 20.7. The molecule has 0 N–H and O–H groups in total. The van der Waals surface area contributed by atoms with Crippen LogP contribution in [0, 0.1) is 6.92 Å². The minimum Gasteiger partial charge on any atom is -0.493 e. The minimum absolute atomic E-state index is 0.484. The van der Waals surface area contributed by atoms with E-state index in [1.54, 1.807) is 14.2 Å². The molecule has 0 spiro atoms. The molecule has 0 saturated carbocycles. The van der Waals surface area contributed by atoms with Gasteiger partial charge in [0, 0.05) is 37.9 Å². The van der Waals surface area contributed by atoms with Crippen LogP contribution in [0.2, 0.25) is 0 Å². The highest BCUT2D eigenvalue weighted by molar-refractivity contribution is 5.79. The van der Waals surface area contributed by atoms with Crippen LogP contribution in [0.25, 0.3) is 0 Å². The number of morpholine rings is 1. The Labute approximate surface area is 207 Å². The molecule has 1 saturated heterocycles. The number of aromatic nitrogens is 1. The molecule has 0 bridgehead atoms. The third-order valence-electron chi connectivity index (χ3n) is 5.82. The number of hydrogen-bond donors (Lipinski definition) is 0. The number of aryl methyl sites for hydroxylation is 1. The lowest BCUT2D eigenvalue weighted by Gasteiger charge is -2.28. The van der Waals surface area contributed by atoms with Gasteiger partial charge in [0.1, 0.15) is 11.6 Å². The molecular weight excluding hydrogens is 442 g/mol. The van der Waals surface area contributed by atoms with Crippen molar-refractivity contribution in [3.8, 4) is 17.2 Å². The lowest BCUT2D eigenvalue weighted by atomic mass is 10.1. The van der Waals surface area contributed by atoms with Gasteiger partial charge in [0.05, 0.1) is 46.3 Å². The van der Waals surface area contributed by atoms with Gasteiger partial charge in [-0.1, -0.05) is 35.9 Å². The number of aliphatic imine (C=N–C) groups is 1. The molecule has 0 radical (unpaired) electrons. The van der Waals surface area contributed by atoms with Crippen molar-refractivity contribution in [2.24, 2.45) is 4.99 Å². The van der Waals surface area contributed by atoms with Crippen molar-refractivity contribution in [3.63, 3.8) is 0 Å². The van der Waals surface area contributed by atoms with E-state index >= 15 is 0 Å². The standard InChI is InChI=1S/C28H33N3O4/c1-21-5-4-6-23(15-21)19-29-20-24-17-25(18-28(30-24)31-10-13-34-14-11-31)35-12-9-22-7-8-26(32-2)27(16-22)33-3/h4-8,15-19H,9-14,20H2,1-3H3. The molecule has 0 amide bonds. The molecule has 4 rings (SSSR count). The lowest BCUT2D eigenvalue weighted by Crippen LogP contribution is -2.36. The summed E-state index contributed by atoms with van der Waals surface area (Å²) in [5.74, 6) is 3.13. The van der Waals surface area contributed by atoms with Crippen molar-refractivity contribution in [2.75, 3.05) is 52.0 Å². The average molecular weight is 476 g/mol. The summed E-state index contributed by atoms with van der Waals surface area (Å²) in [6, 6.07) is 18.2. The molecular formula is C28H33N3O4. The van der Waals surface area contributed by atoms with Gasteiger partial charge in [-0.2, -0.15) is 0 Å². The van der Waals surface area contributed by atoms with E-state index in [1.807, 2.05) is 42.6 Å². The maximum atomic E-state index is 6.17.